The van der Waals surface area contributed by atoms with Crippen molar-refractivity contribution in [1.29, 1.82) is 0 Å². The zero-order valence-electron chi connectivity index (χ0n) is 25.3. The van der Waals surface area contributed by atoms with Gasteiger partial charge >= 0.3 is 0 Å². The molecule has 4 atom stereocenters. The number of carbonyl (C=O) groups excluding carboxylic acids is 3. The molecule has 3 fully saturated rings. The fourth-order valence-electron chi connectivity index (χ4n) is 5.93. The second-order valence-electron chi connectivity index (χ2n) is 12.5. The van der Waals surface area contributed by atoms with Crippen molar-refractivity contribution >= 4 is 38.5 Å². The van der Waals surface area contributed by atoms with E-state index in [2.05, 4.69) is 28.2 Å². The molecule has 1 aliphatic heterocycles. The molecule has 1 saturated heterocycles. The normalized spacial score (nSPS) is 25.2. The zero-order chi connectivity index (χ0) is 31.5. The Bertz CT molecular complexity index is 1550. The molecule has 5 rings (SSSR count). The minimum Gasteiger partial charge on any atom is -0.472 e. The van der Waals surface area contributed by atoms with Gasteiger partial charge in [0.05, 0.1) is 11.3 Å². The van der Waals surface area contributed by atoms with Crippen molar-refractivity contribution in [3.8, 4) is 5.88 Å². The zero-order valence-corrected chi connectivity index (χ0v) is 26.1. The first-order valence-electron chi connectivity index (χ1n) is 15.5. The number of fused-ring (bicyclic) bond motifs is 1. The van der Waals surface area contributed by atoms with Gasteiger partial charge in [0.25, 0.3) is 5.91 Å². The van der Waals surface area contributed by atoms with E-state index in [1.165, 1.54) is 4.90 Å². The molecule has 236 valence electrons. The number of unbranched alkanes of at least 4 members (excludes halogenated alkanes) is 4. The van der Waals surface area contributed by atoms with E-state index in [0.717, 1.165) is 36.5 Å². The van der Waals surface area contributed by atoms with E-state index in [-0.39, 0.29) is 31.7 Å². The van der Waals surface area contributed by atoms with Gasteiger partial charge in [-0.2, -0.15) is 0 Å². The van der Waals surface area contributed by atoms with Crippen LogP contribution in [0.5, 0.6) is 5.88 Å². The molecular weight excluding hydrogens is 580 g/mol. The summed E-state index contributed by atoms with van der Waals surface area (Å²) in [5, 5.41) is 4.62. The van der Waals surface area contributed by atoms with Gasteiger partial charge in [0.2, 0.25) is 27.7 Å². The molecule has 0 spiro atoms. The van der Waals surface area contributed by atoms with Crippen molar-refractivity contribution in [2.45, 2.75) is 93.6 Å². The average Bonchev–Trinajstić information content (AvgIpc) is 3.89. The maximum absolute atomic E-state index is 13.9. The number of nitrogens with one attached hydrogen (secondary N) is 2. The quantitative estimate of drug-likeness (QED) is 0.225. The lowest BCUT2D eigenvalue weighted by Gasteiger charge is -2.27. The molecule has 0 unspecified atom stereocenters. The number of hydrogen-bond donors (Lipinski definition) is 2. The maximum Gasteiger partial charge on any atom is 0.259 e. The molecule has 2 aliphatic carbocycles. The molecule has 44 heavy (non-hydrogen) atoms. The van der Waals surface area contributed by atoms with Crippen LogP contribution in [0, 0.1) is 5.92 Å². The highest BCUT2D eigenvalue weighted by Gasteiger charge is 2.63. The molecule has 0 radical (unpaired) electrons. The summed E-state index contributed by atoms with van der Waals surface area (Å²) in [6, 6.07) is 8.68. The number of sulfonamides is 1. The van der Waals surface area contributed by atoms with Crippen molar-refractivity contribution < 1.29 is 27.5 Å². The summed E-state index contributed by atoms with van der Waals surface area (Å²) < 4.78 is 33.2. The molecule has 11 heteroatoms. The van der Waals surface area contributed by atoms with E-state index < -0.39 is 50.2 Å². The number of nitrogens with zero attached hydrogens (tertiary/aromatic N) is 2. The number of amides is 3. The largest absolute Gasteiger partial charge is 0.472 e. The highest BCUT2D eigenvalue weighted by molar-refractivity contribution is 7.91. The van der Waals surface area contributed by atoms with Crippen LogP contribution in [-0.2, 0) is 24.4 Å². The van der Waals surface area contributed by atoms with Crippen molar-refractivity contribution in [3.05, 3.63) is 61.8 Å². The van der Waals surface area contributed by atoms with E-state index in [0.29, 0.717) is 25.1 Å². The van der Waals surface area contributed by atoms with E-state index in [1.54, 1.807) is 19.2 Å². The van der Waals surface area contributed by atoms with Crippen LogP contribution in [0.4, 0.5) is 0 Å². The van der Waals surface area contributed by atoms with E-state index >= 15 is 0 Å². The van der Waals surface area contributed by atoms with Crippen molar-refractivity contribution in [2.24, 2.45) is 5.92 Å². The second-order valence-corrected chi connectivity index (χ2v) is 14.7. The minimum atomic E-state index is -3.90. The number of pyridine rings is 1. The first-order valence-corrected chi connectivity index (χ1v) is 16.9. The van der Waals surface area contributed by atoms with Crippen LogP contribution in [-0.4, -0.2) is 65.0 Å². The predicted octanol–water partition coefficient (Wildman–Crippen LogP) is 4.17. The minimum absolute atomic E-state index is 0.162. The number of ether oxygens (including phenoxy) is 1. The van der Waals surface area contributed by atoms with Gasteiger partial charge in [0.1, 0.15) is 17.7 Å². The van der Waals surface area contributed by atoms with Gasteiger partial charge in [-0.1, -0.05) is 43.2 Å². The molecule has 2 saturated carbocycles. The van der Waals surface area contributed by atoms with Gasteiger partial charge in [0, 0.05) is 30.3 Å². The third kappa shape index (κ3) is 6.52. The second kappa shape index (κ2) is 12.7. The third-order valence-electron chi connectivity index (χ3n) is 9.23. The van der Waals surface area contributed by atoms with Gasteiger partial charge in [-0.05, 0) is 63.0 Å². The van der Waals surface area contributed by atoms with Crippen LogP contribution in [0.2, 0.25) is 0 Å². The number of carbonyl (C=O) groups is 3. The molecule has 0 bridgehead atoms. The lowest BCUT2D eigenvalue weighted by molar-refractivity contribution is -0.139. The van der Waals surface area contributed by atoms with E-state index in [4.69, 9.17) is 4.74 Å². The van der Waals surface area contributed by atoms with Gasteiger partial charge in [-0.25, -0.2) is 13.4 Å². The number of allylic oxidation sites excluding steroid dienone is 1. The highest BCUT2D eigenvalue weighted by atomic mass is 32.2. The van der Waals surface area contributed by atoms with E-state index in [9.17, 15) is 22.8 Å². The summed E-state index contributed by atoms with van der Waals surface area (Å²) in [5.74, 6) is -1.46. The lowest BCUT2D eigenvalue weighted by Crippen LogP contribution is -2.57. The Hall–Kier alpha value is -3.73. The summed E-state index contributed by atoms with van der Waals surface area (Å²) in [6.45, 7) is 9.30. The van der Waals surface area contributed by atoms with Gasteiger partial charge < -0.3 is 15.0 Å². The first-order chi connectivity index (χ1) is 21.0. The van der Waals surface area contributed by atoms with Crippen LogP contribution in [0.3, 0.4) is 0 Å². The molecule has 1 aromatic carbocycles. The summed E-state index contributed by atoms with van der Waals surface area (Å²) in [5.41, 5.74) is -1.44. The number of hydrogen-bond acceptors (Lipinski definition) is 7. The summed E-state index contributed by atoms with van der Waals surface area (Å²) in [4.78, 5) is 46.7. The molecule has 2 aromatic rings. The van der Waals surface area contributed by atoms with Crippen LogP contribution in [0.25, 0.3) is 10.8 Å². The molecule has 1 aromatic heterocycles. The van der Waals surface area contributed by atoms with Crippen LogP contribution in [0.15, 0.2) is 61.8 Å². The van der Waals surface area contributed by atoms with E-state index in [1.807, 2.05) is 36.4 Å². The van der Waals surface area contributed by atoms with Gasteiger partial charge in [-0.3, -0.25) is 19.1 Å². The number of likely N-dealkylation sites (tertiary alicyclic amines) is 1. The Morgan fingerprint density at radius 1 is 1.11 bits per heavy atom. The van der Waals surface area contributed by atoms with Crippen LogP contribution in [0.1, 0.15) is 71.1 Å². The Balaban J connectivity index is 1.32. The smallest absolute Gasteiger partial charge is 0.259 e. The van der Waals surface area contributed by atoms with Crippen LogP contribution < -0.4 is 14.8 Å². The molecule has 3 amide bonds. The average molecular weight is 623 g/mol. The Kier molecular flexibility index (Phi) is 9.15. The highest BCUT2D eigenvalue weighted by Crippen LogP contribution is 2.47. The molecule has 10 nitrogen and oxygen atoms in total. The third-order valence-corrected chi connectivity index (χ3v) is 11.4. The standard InChI is InChI=1S/C33H42N4O6S/c1-4-6-7-8-9-10-15-28(38)37-22-25(43-30-26-14-12-11-13-23(26)16-19-34-30)20-27(37)29(39)35-33(21-24(33)5-2)31(40)36-44(41,42)32(3)17-18-32/h4-5,11-14,16,19,24-25,27H,1-2,6-10,15,17-18,20-22H2,3H3,(H,35,39)(H,36,40)/t24-,25-,27+,33-/m1/s1. The summed E-state index contributed by atoms with van der Waals surface area (Å²) >= 11 is 0. The number of rotatable bonds is 15. The first kappa shape index (κ1) is 31.7. The monoisotopic (exact) mass is 622 g/mol. The Morgan fingerprint density at radius 2 is 1.86 bits per heavy atom. The van der Waals surface area contributed by atoms with Crippen LogP contribution >= 0.6 is 0 Å². The van der Waals surface area contributed by atoms with Crippen molar-refractivity contribution in [1.82, 2.24) is 19.9 Å². The van der Waals surface area contributed by atoms with Gasteiger partial charge in [0.15, 0.2) is 0 Å². The Morgan fingerprint density at radius 3 is 2.57 bits per heavy atom. The topological polar surface area (TPSA) is 135 Å². The predicted molar refractivity (Wildman–Crippen MR) is 168 cm³/mol. The summed E-state index contributed by atoms with van der Waals surface area (Å²) in [7, 11) is -3.90. The fraction of sp³-hybridized carbons (Fsp3) is 0.515. The fourth-order valence-corrected chi connectivity index (χ4v) is 7.24. The maximum atomic E-state index is 13.9. The van der Waals surface area contributed by atoms with Gasteiger partial charge in [-0.15, -0.1) is 13.2 Å². The molecule has 2 N–H and O–H groups in total. The number of aromatic nitrogens is 1. The molecular formula is C33H42N4O6S. The SMILES string of the molecule is C=CCCCCCCC(=O)N1C[C@H](Oc2nccc3ccccc23)C[C@H]1C(=O)N[C@]1(C(=O)NS(=O)(=O)C2(C)CC2)C[C@H]1C=C. The van der Waals surface area contributed by atoms with Crippen molar-refractivity contribution in [3.63, 3.8) is 0 Å². The summed E-state index contributed by atoms with van der Waals surface area (Å²) in [6.07, 6.45) is 10.8. The lowest BCUT2D eigenvalue weighted by atomic mass is 10.1. The molecule has 2 heterocycles. The molecule has 3 aliphatic rings. The van der Waals surface area contributed by atoms with Crippen molar-refractivity contribution in [2.75, 3.05) is 6.54 Å². The number of benzene rings is 1. The Labute approximate surface area is 259 Å².